The molecule has 0 saturated heterocycles. The summed E-state index contributed by atoms with van der Waals surface area (Å²) in [6.07, 6.45) is 9.06. The number of unbranched alkanes of at least 4 members (excludes halogenated alkanes) is 3. The lowest BCUT2D eigenvalue weighted by atomic mass is 10.1. The molecule has 0 aliphatic heterocycles. The molecule has 92 valence electrons. The highest BCUT2D eigenvalue weighted by Gasteiger charge is 2.10. The number of hydrogen-bond donors (Lipinski definition) is 1. The zero-order chi connectivity index (χ0) is 12.0. The van der Waals surface area contributed by atoms with Crippen molar-refractivity contribution in [2.75, 3.05) is 0 Å². The average molecular weight is 224 g/mol. The first-order valence-electron chi connectivity index (χ1n) is 6.37. The number of aliphatic hydroxyl groups excluding tert-OH is 1. The van der Waals surface area contributed by atoms with Gasteiger partial charge in [0.1, 0.15) is 0 Å². The van der Waals surface area contributed by atoms with E-state index in [0.29, 0.717) is 6.04 Å². The lowest BCUT2D eigenvalue weighted by molar-refractivity contribution is 0.163. The fraction of sp³-hybridized carbons (Fsp3) is 0.769. The molecule has 1 aromatic rings. The van der Waals surface area contributed by atoms with Gasteiger partial charge in [-0.15, -0.1) is 0 Å². The van der Waals surface area contributed by atoms with Gasteiger partial charge in [0.15, 0.2) is 0 Å². The molecule has 16 heavy (non-hydrogen) atoms. The Morgan fingerprint density at radius 2 is 2.06 bits per heavy atom. The number of nitrogens with zero attached hydrogens (tertiary/aromatic N) is 2. The predicted octanol–water partition coefficient (Wildman–Crippen LogP) is 3.47. The Balaban J connectivity index is 2.37. The monoisotopic (exact) mass is 224 g/mol. The normalized spacial score (nSPS) is 13.3. The zero-order valence-corrected chi connectivity index (χ0v) is 10.7. The van der Waals surface area contributed by atoms with Gasteiger partial charge in [-0.2, -0.15) is 5.10 Å². The van der Waals surface area contributed by atoms with Crippen LogP contribution in [0.1, 0.15) is 70.6 Å². The summed E-state index contributed by atoms with van der Waals surface area (Å²) in [5.74, 6) is 0. The molecule has 3 heteroatoms. The van der Waals surface area contributed by atoms with E-state index in [4.69, 9.17) is 0 Å². The maximum Gasteiger partial charge on any atom is 0.0820 e. The SMILES string of the molecule is CCCCCCC(O)c1cnn(C(C)C)c1. The first-order valence-corrected chi connectivity index (χ1v) is 6.37. The van der Waals surface area contributed by atoms with Gasteiger partial charge in [-0.1, -0.05) is 32.6 Å². The van der Waals surface area contributed by atoms with Gasteiger partial charge in [0.25, 0.3) is 0 Å². The van der Waals surface area contributed by atoms with Gasteiger partial charge in [0, 0.05) is 17.8 Å². The van der Waals surface area contributed by atoms with Gasteiger partial charge in [-0.05, 0) is 20.3 Å². The fourth-order valence-electron chi connectivity index (χ4n) is 1.74. The quantitative estimate of drug-likeness (QED) is 0.720. The summed E-state index contributed by atoms with van der Waals surface area (Å²) in [5.41, 5.74) is 0.949. The minimum Gasteiger partial charge on any atom is -0.388 e. The van der Waals surface area contributed by atoms with E-state index in [0.717, 1.165) is 18.4 Å². The second-order valence-electron chi connectivity index (χ2n) is 4.71. The van der Waals surface area contributed by atoms with Gasteiger partial charge in [0.05, 0.1) is 12.3 Å². The van der Waals surface area contributed by atoms with E-state index in [-0.39, 0.29) is 6.10 Å². The van der Waals surface area contributed by atoms with E-state index in [1.807, 2.05) is 10.9 Å². The van der Waals surface area contributed by atoms with Crippen LogP contribution >= 0.6 is 0 Å². The van der Waals surface area contributed by atoms with Crippen LogP contribution in [0.3, 0.4) is 0 Å². The third-order valence-corrected chi connectivity index (χ3v) is 2.87. The third kappa shape index (κ3) is 3.97. The lowest BCUT2D eigenvalue weighted by Gasteiger charge is -2.08. The van der Waals surface area contributed by atoms with Crippen molar-refractivity contribution in [3.05, 3.63) is 18.0 Å². The van der Waals surface area contributed by atoms with Crippen LogP contribution in [0.25, 0.3) is 0 Å². The van der Waals surface area contributed by atoms with Crippen molar-refractivity contribution in [1.82, 2.24) is 9.78 Å². The second-order valence-corrected chi connectivity index (χ2v) is 4.71. The lowest BCUT2D eigenvalue weighted by Crippen LogP contribution is -2.00. The number of hydrogen-bond acceptors (Lipinski definition) is 2. The number of rotatable bonds is 7. The molecule has 0 aliphatic carbocycles. The van der Waals surface area contributed by atoms with E-state index >= 15 is 0 Å². The Morgan fingerprint density at radius 1 is 1.31 bits per heavy atom. The molecule has 0 aromatic carbocycles. The summed E-state index contributed by atoms with van der Waals surface area (Å²) in [6.45, 7) is 6.37. The molecule has 1 N–H and O–H groups in total. The molecule has 0 spiro atoms. The Bertz CT molecular complexity index is 294. The zero-order valence-electron chi connectivity index (χ0n) is 10.7. The molecular weight excluding hydrogens is 200 g/mol. The summed E-state index contributed by atoms with van der Waals surface area (Å²) in [7, 11) is 0. The molecule has 0 bridgehead atoms. The highest BCUT2D eigenvalue weighted by atomic mass is 16.3. The molecule has 3 nitrogen and oxygen atoms in total. The highest BCUT2D eigenvalue weighted by Crippen LogP contribution is 2.20. The van der Waals surface area contributed by atoms with Gasteiger partial charge in [-0.25, -0.2) is 0 Å². The molecule has 0 fully saturated rings. The maximum absolute atomic E-state index is 9.96. The van der Waals surface area contributed by atoms with Gasteiger partial charge < -0.3 is 5.11 Å². The first kappa shape index (κ1) is 13.2. The highest BCUT2D eigenvalue weighted by molar-refractivity contribution is 5.08. The molecule has 0 amide bonds. The summed E-state index contributed by atoms with van der Waals surface area (Å²) in [5, 5.41) is 14.2. The van der Waals surface area contributed by atoms with Crippen molar-refractivity contribution in [3.8, 4) is 0 Å². The predicted molar refractivity (Wildman–Crippen MR) is 66.3 cm³/mol. The molecule has 1 aromatic heterocycles. The number of aromatic nitrogens is 2. The molecule has 0 aliphatic rings. The first-order chi connectivity index (χ1) is 7.65. The summed E-state index contributed by atoms with van der Waals surface area (Å²) in [4.78, 5) is 0. The van der Waals surface area contributed by atoms with Gasteiger partial charge in [0.2, 0.25) is 0 Å². The van der Waals surface area contributed by atoms with Gasteiger partial charge in [-0.3, -0.25) is 4.68 Å². The van der Waals surface area contributed by atoms with Crippen molar-refractivity contribution in [2.45, 2.75) is 65.0 Å². The largest absolute Gasteiger partial charge is 0.388 e. The molecule has 0 saturated carbocycles. The Labute approximate surface area is 98.5 Å². The Morgan fingerprint density at radius 3 is 2.62 bits per heavy atom. The topological polar surface area (TPSA) is 38.1 Å². The summed E-state index contributed by atoms with van der Waals surface area (Å²) < 4.78 is 1.89. The van der Waals surface area contributed by atoms with Crippen LogP contribution in [-0.4, -0.2) is 14.9 Å². The molecule has 1 atom stereocenters. The fourth-order valence-corrected chi connectivity index (χ4v) is 1.74. The summed E-state index contributed by atoms with van der Waals surface area (Å²) in [6, 6.07) is 0.362. The van der Waals surface area contributed by atoms with E-state index in [2.05, 4.69) is 25.9 Å². The Hall–Kier alpha value is -0.830. The van der Waals surface area contributed by atoms with Crippen LogP contribution in [0.4, 0.5) is 0 Å². The number of aliphatic hydroxyl groups is 1. The standard InChI is InChI=1S/C13H24N2O/c1-4-5-6-7-8-13(16)12-9-14-15(10-12)11(2)3/h9-11,13,16H,4-8H2,1-3H3. The maximum atomic E-state index is 9.96. The van der Waals surface area contributed by atoms with Crippen molar-refractivity contribution in [3.63, 3.8) is 0 Å². The van der Waals surface area contributed by atoms with Crippen LogP contribution in [0.5, 0.6) is 0 Å². The van der Waals surface area contributed by atoms with Crippen molar-refractivity contribution >= 4 is 0 Å². The second kappa shape index (κ2) is 6.69. The van der Waals surface area contributed by atoms with Crippen molar-refractivity contribution in [1.29, 1.82) is 0 Å². The van der Waals surface area contributed by atoms with E-state index < -0.39 is 0 Å². The molecule has 1 rings (SSSR count). The molecule has 1 heterocycles. The van der Waals surface area contributed by atoms with Crippen LogP contribution in [-0.2, 0) is 0 Å². The Kier molecular flexibility index (Phi) is 5.53. The summed E-state index contributed by atoms with van der Waals surface area (Å²) >= 11 is 0. The van der Waals surface area contributed by atoms with E-state index in [9.17, 15) is 5.11 Å². The van der Waals surface area contributed by atoms with Crippen molar-refractivity contribution in [2.24, 2.45) is 0 Å². The minimum atomic E-state index is -0.343. The smallest absolute Gasteiger partial charge is 0.0820 e. The van der Waals surface area contributed by atoms with Crippen LogP contribution < -0.4 is 0 Å². The van der Waals surface area contributed by atoms with Crippen LogP contribution in [0.2, 0.25) is 0 Å². The molecular formula is C13H24N2O. The molecule has 1 unspecified atom stereocenters. The average Bonchev–Trinajstić information content (AvgIpc) is 2.73. The van der Waals surface area contributed by atoms with Crippen molar-refractivity contribution < 1.29 is 5.11 Å². The van der Waals surface area contributed by atoms with E-state index in [1.165, 1.54) is 19.3 Å². The molecule has 0 radical (unpaired) electrons. The van der Waals surface area contributed by atoms with Crippen LogP contribution in [0, 0.1) is 0 Å². The minimum absolute atomic E-state index is 0.343. The third-order valence-electron chi connectivity index (χ3n) is 2.87. The van der Waals surface area contributed by atoms with E-state index in [1.54, 1.807) is 6.20 Å². The van der Waals surface area contributed by atoms with Crippen LogP contribution in [0.15, 0.2) is 12.4 Å². The van der Waals surface area contributed by atoms with Gasteiger partial charge >= 0.3 is 0 Å².